The van der Waals surface area contributed by atoms with E-state index in [1.54, 1.807) is 25.3 Å². The van der Waals surface area contributed by atoms with Gasteiger partial charge in [0.25, 0.3) is 5.91 Å². The van der Waals surface area contributed by atoms with E-state index in [0.717, 1.165) is 0 Å². The van der Waals surface area contributed by atoms with Gasteiger partial charge in [-0.2, -0.15) is 0 Å². The molecule has 1 aromatic carbocycles. The molecule has 0 aliphatic heterocycles. The van der Waals surface area contributed by atoms with Crippen molar-refractivity contribution < 1.29 is 9.53 Å². The van der Waals surface area contributed by atoms with Crippen LogP contribution in [-0.4, -0.2) is 25.7 Å². The molecule has 19 heavy (non-hydrogen) atoms. The van der Waals surface area contributed by atoms with Gasteiger partial charge in [-0.05, 0) is 24.1 Å². The minimum absolute atomic E-state index is 0.0675. The van der Waals surface area contributed by atoms with Gasteiger partial charge in [-0.15, -0.1) is 0 Å². The van der Waals surface area contributed by atoms with Crippen molar-refractivity contribution in [1.29, 1.82) is 0 Å². The highest BCUT2D eigenvalue weighted by Crippen LogP contribution is 2.20. The molecule has 0 bridgehead atoms. The van der Waals surface area contributed by atoms with Gasteiger partial charge in [0.1, 0.15) is 0 Å². The molecule has 0 aromatic heterocycles. The van der Waals surface area contributed by atoms with E-state index in [2.05, 4.69) is 10.7 Å². The second-order valence-electron chi connectivity index (χ2n) is 4.61. The van der Waals surface area contributed by atoms with Gasteiger partial charge in [-0.1, -0.05) is 25.4 Å². The Bertz CT molecular complexity index is 438. The molecule has 0 saturated carbocycles. The number of rotatable bonds is 6. The van der Waals surface area contributed by atoms with E-state index in [9.17, 15) is 4.79 Å². The van der Waals surface area contributed by atoms with Gasteiger partial charge >= 0.3 is 0 Å². The van der Waals surface area contributed by atoms with Gasteiger partial charge < -0.3 is 15.5 Å². The SMILES string of the molecule is COCC(NC(=O)c1cc(Cl)ccc1NN)C(C)C. The summed E-state index contributed by atoms with van der Waals surface area (Å²) in [6.45, 7) is 4.49. The van der Waals surface area contributed by atoms with Crippen molar-refractivity contribution in [1.82, 2.24) is 5.32 Å². The maximum absolute atomic E-state index is 12.2. The van der Waals surface area contributed by atoms with Crippen LogP contribution in [0.15, 0.2) is 18.2 Å². The Morgan fingerprint density at radius 1 is 1.47 bits per heavy atom. The summed E-state index contributed by atoms with van der Waals surface area (Å²) in [5, 5.41) is 3.40. The van der Waals surface area contributed by atoms with Crippen molar-refractivity contribution in [3.8, 4) is 0 Å². The van der Waals surface area contributed by atoms with Gasteiger partial charge in [0.2, 0.25) is 0 Å². The van der Waals surface area contributed by atoms with Crippen LogP contribution >= 0.6 is 11.6 Å². The van der Waals surface area contributed by atoms with E-state index in [1.165, 1.54) is 0 Å². The molecule has 0 spiro atoms. The summed E-state index contributed by atoms with van der Waals surface area (Å²) >= 11 is 5.90. The highest BCUT2D eigenvalue weighted by Gasteiger charge is 2.19. The summed E-state index contributed by atoms with van der Waals surface area (Å²) in [6, 6.07) is 4.85. The molecule has 0 radical (unpaired) electrons. The average Bonchev–Trinajstić information content (AvgIpc) is 2.37. The number of benzene rings is 1. The van der Waals surface area contributed by atoms with Crippen molar-refractivity contribution in [3.05, 3.63) is 28.8 Å². The molecule has 1 atom stereocenters. The number of carbonyl (C=O) groups is 1. The van der Waals surface area contributed by atoms with Gasteiger partial charge in [0, 0.05) is 12.1 Å². The Kier molecular flexibility index (Phi) is 6.08. The maximum Gasteiger partial charge on any atom is 0.253 e. The quantitative estimate of drug-likeness (QED) is 0.552. The van der Waals surface area contributed by atoms with E-state index in [4.69, 9.17) is 22.2 Å². The van der Waals surface area contributed by atoms with Crippen LogP contribution in [0.1, 0.15) is 24.2 Å². The molecule has 6 heteroatoms. The van der Waals surface area contributed by atoms with E-state index in [0.29, 0.717) is 22.9 Å². The average molecular weight is 286 g/mol. The Morgan fingerprint density at radius 3 is 2.68 bits per heavy atom. The van der Waals surface area contributed by atoms with Crippen molar-refractivity contribution in [2.24, 2.45) is 11.8 Å². The first-order valence-corrected chi connectivity index (χ1v) is 6.43. The third kappa shape index (κ3) is 4.38. The Morgan fingerprint density at radius 2 is 2.16 bits per heavy atom. The smallest absolute Gasteiger partial charge is 0.253 e. The fourth-order valence-corrected chi connectivity index (χ4v) is 1.83. The summed E-state index contributed by atoms with van der Waals surface area (Å²) in [6.07, 6.45) is 0. The molecule has 5 nitrogen and oxygen atoms in total. The van der Waals surface area contributed by atoms with E-state index in [-0.39, 0.29) is 17.9 Å². The molecular formula is C13H20ClN3O2. The molecule has 1 aromatic rings. The van der Waals surface area contributed by atoms with Crippen LogP contribution in [0.25, 0.3) is 0 Å². The number of hydrogen-bond donors (Lipinski definition) is 3. The van der Waals surface area contributed by atoms with Crippen molar-refractivity contribution in [2.75, 3.05) is 19.1 Å². The molecule has 4 N–H and O–H groups in total. The van der Waals surface area contributed by atoms with Crippen molar-refractivity contribution in [2.45, 2.75) is 19.9 Å². The lowest BCUT2D eigenvalue weighted by atomic mass is 10.0. The van der Waals surface area contributed by atoms with Gasteiger partial charge in [0.05, 0.1) is 23.9 Å². The van der Waals surface area contributed by atoms with Crippen LogP contribution in [0.5, 0.6) is 0 Å². The number of nitrogen functional groups attached to an aromatic ring is 1. The molecule has 0 saturated heterocycles. The molecule has 0 fully saturated rings. The molecule has 1 amide bonds. The third-order valence-corrected chi connectivity index (χ3v) is 3.08. The highest BCUT2D eigenvalue weighted by molar-refractivity contribution is 6.31. The lowest BCUT2D eigenvalue weighted by molar-refractivity contribution is 0.0867. The molecule has 106 valence electrons. The first kappa shape index (κ1) is 15.8. The zero-order valence-corrected chi connectivity index (χ0v) is 12.1. The number of amides is 1. The first-order valence-electron chi connectivity index (χ1n) is 6.05. The number of carbonyl (C=O) groups excluding carboxylic acids is 1. The number of nitrogens with one attached hydrogen (secondary N) is 2. The summed E-state index contributed by atoms with van der Waals surface area (Å²) in [7, 11) is 1.60. The number of ether oxygens (including phenoxy) is 1. The molecule has 1 rings (SSSR count). The number of halogens is 1. The first-order chi connectivity index (χ1) is 8.99. The second-order valence-corrected chi connectivity index (χ2v) is 5.05. The van der Waals surface area contributed by atoms with Crippen molar-refractivity contribution in [3.63, 3.8) is 0 Å². The minimum atomic E-state index is -0.230. The topological polar surface area (TPSA) is 76.4 Å². The summed E-state index contributed by atoms with van der Waals surface area (Å²) in [5.74, 6) is 5.42. The summed E-state index contributed by atoms with van der Waals surface area (Å²) < 4.78 is 5.10. The largest absolute Gasteiger partial charge is 0.383 e. The lowest BCUT2D eigenvalue weighted by Gasteiger charge is -2.22. The molecular weight excluding hydrogens is 266 g/mol. The van der Waals surface area contributed by atoms with Gasteiger partial charge in [0.15, 0.2) is 0 Å². The number of anilines is 1. The van der Waals surface area contributed by atoms with Crippen LogP contribution in [0, 0.1) is 5.92 Å². The summed E-state index contributed by atoms with van der Waals surface area (Å²) in [5.41, 5.74) is 3.43. The van der Waals surface area contributed by atoms with Crippen molar-refractivity contribution >= 4 is 23.2 Å². The van der Waals surface area contributed by atoms with E-state index in [1.807, 2.05) is 13.8 Å². The maximum atomic E-state index is 12.2. The van der Waals surface area contributed by atoms with E-state index < -0.39 is 0 Å². The van der Waals surface area contributed by atoms with Gasteiger partial charge in [-0.3, -0.25) is 10.6 Å². The number of methoxy groups -OCH3 is 1. The highest BCUT2D eigenvalue weighted by atomic mass is 35.5. The van der Waals surface area contributed by atoms with Crippen LogP contribution < -0.4 is 16.6 Å². The third-order valence-electron chi connectivity index (χ3n) is 2.85. The molecule has 0 aliphatic rings. The number of nitrogens with two attached hydrogens (primary N) is 1. The lowest BCUT2D eigenvalue weighted by Crippen LogP contribution is -2.42. The fraction of sp³-hybridized carbons (Fsp3) is 0.462. The number of hydrazine groups is 1. The zero-order valence-electron chi connectivity index (χ0n) is 11.4. The molecule has 1 unspecified atom stereocenters. The Labute approximate surface area is 118 Å². The zero-order chi connectivity index (χ0) is 14.4. The van der Waals surface area contributed by atoms with Crippen LogP contribution in [0.3, 0.4) is 0 Å². The van der Waals surface area contributed by atoms with Crippen LogP contribution in [-0.2, 0) is 4.74 Å². The molecule has 0 aliphatic carbocycles. The monoisotopic (exact) mass is 285 g/mol. The standard InChI is InChI=1S/C13H20ClN3O2/c1-8(2)12(7-19-3)16-13(18)10-6-9(14)4-5-11(10)17-15/h4-6,8,12,17H,7,15H2,1-3H3,(H,16,18). The van der Waals surface area contributed by atoms with E-state index >= 15 is 0 Å². The normalized spacial score (nSPS) is 12.3. The Balaban J connectivity index is 2.90. The second kappa shape index (κ2) is 7.33. The number of hydrogen-bond acceptors (Lipinski definition) is 4. The van der Waals surface area contributed by atoms with Crippen LogP contribution in [0.4, 0.5) is 5.69 Å². The fourth-order valence-electron chi connectivity index (χ4n) is 1.66. The van der Waals surface area contributed by atoms with Gasteiger partial charge in [-0.25, -0.2) is 0 Å². The minimum Gasteiger partial charge on any atom is -0.383 e. The predicted molar refractivity (Wildman–Crippen MR) is 77.2 cm³/mol. The van der Waals surface area contributed by atoms with Crippen LogP contribution in [0.2, 0.25) is 5.02 Å². The Hall–Kier alpha value is -1.30. The predicted octanol–water partition coefficient (Wildman–Crippen LogP) is 2.03. The molecule has 0 heterocycles. The summed E-state index contributed by atoms with van der Waals surface area (Å²) in [4.78, 5) is 12.2.